The maximum absolute atomic E-state index is 5.83. The van der Waals surface area contributed by atoms with Crippen LogP contribution < -0.4 is 15.4 Å². The van der Waals surface area contributed by atoms with Crippen LogP contribution in [0.5, 0.6) is 11.5 Å². The Morgan fingerprint density at radius 1 is 0.889 bits per heavy atom. The number of para-hydroxylation sites is 1. The average molecular weight is 360 g/mol. The molecular formula is C22H24N4O. The van der Waals surface area contributed by atoms with Crippen molar-refractivity contribution in [2.45, 2.75) is 38.6 Å². The monoisotopic (exact) mass is 360 g/mol. The summed E-state index contributed by atoms with van der Waals surface area (Å²) in [6.07, 6.45) is 5.03. The Labute approximate surface area is 159 Å². The van der Waals surface area contributed by atoms with Crippen LogP contribution in [0.2, 0.25) is 0 Å². The van der Waals surface area contributed by atoms with Gasteiger partial charge in [0, 0.05) is 23.5 Å². The van der Waals surface area contributed by atoms with Crippen molar-refractivity contribution in [3.8, 4) is 11.5 Å². The molecule has 0 bridgehead atoms. The molecule has 0 unspecified atom stereocenters. The lowest BCUT2D eigenvalue weighted by Gasteiger charge is -2.14. The Bertz CT molecular complexity index is 875. The van der Waals surface area contributed by atoms with E-state index in [9.17, 15) is 0 Å². The highest BCUT2D eigenvalue weighted by Crippen LogP contribution is 2.25. The van der Waals surface area contributed by atoms with Crippen molar-refractivity contribution in [1.82, 2.24) is 9.97 Å². The summed E-state index contributed by atoms with van der Waals surface area (Å²) in [5, 5.41) is 6.82. The van der Waals surface area contributed by atoms with Crippen molar-refractivity contribution in [3.63, 3.8) is 0 Å². The molecule has 3 aromatic rings. The highest BCUT2D eigenvalue weighted by Gasteiger charge is 2.15. The van der Waals surface area contributed by atoms with Crippen LogP contribution in [0.1, 0.15) is 31.4 Å². The Balaban J connectivity index is 1.43. The summed E-state index contributed by atoms with van der Waals surface area (Å²) in [6.45, 7) is 1.99. The fourth-order valence-corrected chi connectivity index (χ4v) is 3.34. The molecule has 2 N–H and O–H groups in total. The number of hydrogen-bond acceptors (Lipinski definition) is 5. The maximum Gasteiger partial charge on any atom is 0.229 e. The molecule has 1 fully saturated rings. The zero-order valence-electron chi connectivity index (χ0n) is 15.5. The van der Waals surface area contributed by atoms with Crippen LogP contribution in [0, 0.1) is 6.92 Å². The molecule has 138 valence electrons. The van der Waals surface area contributed by atoms with E-state index in [0.717, 1.165) is 28.7 Å². The van der Waals surface area contributed by atoms with E-state index in [1.54, 1.807) is 0 Å². The SMILES string of the molecule is Cc1cc(NC2CCCC2)nc(Nc2ccc(Oc3ccccc3)cc2)n1. The van der Waals surface area contributed by atoms with Crippen molar-refractivity contribution in [1.29, 1.82) is 0 Å². The number of nitrogens with zero attached hydrogens (tertiary/aromatic N) is 2. The molecular weight excluding hydrogens is 336 g/mol. The molecule has 1 aliphatic rings. The highest BCUT2D eigenvalue weighted by atomic mass is 16.5. The Kier molecular flexibility index (Phi) is 5.19. The predicted molar refractivity (Wildman–Crippen MR) is 109 cm³/mol. The van der Waals surface area contributed by atoms with Crippen molar-refractivity contribution in [2.75, 3.05) is 10.6 Å². The van der Waals surface area contributed by atoms with E-state index in [4.69, 9.17) is 4.74 Å². The Hall–Kier alpha value is -3.08. The Morgan fingerprint density at radius 2 is 1.59 bits per heavy atom. The lowest BCUT2D eigenvalue weighted by atomic mass is 10.2. The maximum atomic E-state index is 5.83. The summed E-state index contributed by atoms with van der Waals surface area (Å²) < 4.78 is 5.83. The van der Waals surface area contributed by atoms with Crippen LogP contribution in [0.15, 0.2) is 60.7 Å². The number of aryl methyl sites for hydroxylation is 1. The molecule has 0 radical (unpaired) electrons. The van der Waals surface area contributed by atoms with Gasteiger partial charge in [-0.25, -0.2) is 4.98 Å². The van der Waals surface area contributed by atoms with Crippen LogP contribution in [-0.2, 0) is 0 Å². The summed E-state index contributed by atoms with van der Waals surface area (Å²) in [5.41, 5.74) is 1.87. The normalized spacial score (nSPS) is 14.1. The van der Waals surface area contributed by atoms with Crippen LogP contribution in [0.25, 0.3) is 0 Å². The molecule has 1 saturated carbocycles. The molecule has 1 heterocycles. The molecule has 1 aliphatic carbocycles. The molecule has 4 rings (SSSR count). The van der Waals surface area contributed by atoms with Crippen molar-refractivity contribution >= 4 is 17.5 Å². The minimum Gasteiger partial charge on any atom is -0.457 e. The van der Waals surface area contributed by atoms with Gasteiger partial charge in [0.2, 0.25) is 5.95 Å². The molecule has 2 aromatic carbocycles. The minimum atomic E-state index is 0.529. The summed E-state index contributed by atoms with van der Waals surface area (Å²) in [5.74, 6) is 3.11. The van der Waals surface area contributed by atoms with E-state index >= 15 is 0 Å². The second-order valence-electron chi connectivity index (χ2n) is 6.91. The molecule has 0 atom stereocenters. The third kappa shape index (κ3) is 4.76. The molecule has 0 amide bonds. The first-order valence-corrected chi connectivity index (χ1v) is 9.47. The first-order valence-electron chi connectivity index (χ1n) is 9.47. The van der Waals surface area contributed by atoms with Crippen LogP contribution in [-0.4, -0.2) is 16.0 Å². The summed E-state index contributed by atoms with van der Waals surface area (Å²) in [7, 11) is 0. The van der Waals surface area contributed by atoms with Gasteiger partial charge in [-0.15, -0.1) is 0 Å². The number of nitrogens with one attached hydrogen (secondary N) is 2. The Morgan fingerprint density at radius 3 is 2.33 bits per heavy atom. The van der Waals surface area contributed by atoms with Gasteiger partial charge in [-0.05, 0) is 56.2 Å². The van der Waals surface area contributed by atoms with E-state index in [-0.39, 0.29) is 0 Å². The zero-order chi connectivity index (χ0) is 18.5. The first kappa shape index (κ1) is 17.3. The third-order valence-corrected chi connectivity index (χ3v) is 4.65. The van der Waals surface area contributed by atoms with E-state index in [1.807, 2.05) is 67.6 Å². The van der Waals surface area contributed by atoms with Gasteiger partial charge in [-0.1, -0.05) is 31.0 Å². The largest absolute Gasteiger partial charge is 0.457 e. The number of aromatic nitrogens is 2. The van der Waals surface area contributed by atoms with Crippen LogP contribution >= 0.6 is 0 Å². The standard InChI is InChI=1S/C22H24N4O/c1-16-15-21(24-17-7-5-6-8-17)26-22(23-16)25-18-11-13-20(14-12-18)27-19-9-3-2-4-10-19/h2-4,9-15,17H,5-8H2,1H3,(H2,23,24,25,26). The van der Waals surface area contributed by atoms with Crippen molar-refractivity contribution in [2.24, 2.45) is 0 Å². The second kappa shape index (κ2) is 8.08. The van der Waals surface area contributed by atoms with E-state index in [1.165, 1.54) is 25.7 Å². The number of hydrogen-bond donors (Lipinski definition) is 2. The fourth-order valence-electron chi connectivity index (χ4n) is 3.34. The minimum absolute atomic E-state index is 0.529. The number of benzene rings is 2. The fraction of sp³-hybridized carbons (Fsp3) is 0.273. The van der Waals surface area contributed by atoms with Gasteiger partial charge >= 0.3 is 0 Å². The molecule has 0 spiro atoms. The number of rotatable bonds is 6. The second-order valence-corrected chi connectivity index (χ2v) is 6.91. The number of anilines is 3. The molecule has 0 saturated heterocycles. The predicted octanol–water partition coefficient (Wildman–Crippen LogP) is 5.68. The van der Waals surface area contributed by atoms with Gasteiger partial charge < -0.3 is 15.4 Å². The smallest absolute Gasteiger partial charge is 0.229 e. The van der Waals surface area contributed by atoms with Crippen molar-refractivity contribution < 1.29 is 4.74 Å². The zero-order valence-corrected chi connectivity index (χ0v) is 15.5. The van der Waals surface area contributed by atoms with Gasteiger partial charge in [-0.2, -0.15) is 4.98 Å². The van der Waals surface area contributed by atoms with Crippen LogP contribution in [0.4, 0.5) is 17.5 Å². The van der Waals surface area contributed by atoms with Gasteiger partial charge in [0.05, 0.1) is 0 Å². The lowest BCUT2D eigenvalue weighted by Crippen LogP contribution is -2.16. The van der Waals surface area contributed by atoms with Gasteiger partial charge in [0.15, 0.2) is 0 Å². The van der Waals surface area contributed by atoms with Gasteiger partial charge in [0.25, 0.3) is 0 Å². The average Bonchev–Trinajstić information content (AvgIpc) is 3.17. The van der Waals surface area contributed by atoms with Crippen LogP contribution in [0.3, 0.4) is 0 Å². The summed E-state index contributed by atoms with van der Waals surface area (Å²) in [6, 6.07) is 20.1. The third-order valence-electron chi connectivity index (χ3n) is 4.65. The van der Waals surface area contributed by atoms with E-state index in [2.05, 4.69) is 20.6 Å². The molecule has 0 aliphatic heterocycles. The number of ether oxygens (including phenoxy) is 1. The molecule has 27 heavy (non-hydrogen) atoms. The summed E-state index contributed by atoms with van der Waals surface area (Å²) >= 11 is 0. The molecule has 5 nitrogen and oxygen atoms in total. The van der Waals surface area contributed by atoms with Gasteiger partial charge in [-0.3, -0.25) is 0 Å². The molecule has 1 aromatic heterocycles. The highest BCUT2D eigenvalue weighted by molar-refractivity contribution is 5.56. The van der Waals surface area contributed by atoms with Gasteiger partial charge in [0.1, 0.15) is 17.3 Å². The van der Waals surface area contributed by atoms with E-state index < -0.39 is 0 Å². The lowest BCUT2D eigenvalue weighted by molar-refractivity contribution is 0.483. The summed E-state index contributed by atoms with van der Waals surface area (Å²) in [4.78, 5) is 9.12. The van der Waals surface area contributed by atoms with Crippen molar-refractivity contribution in [3.05, 3.63) is 66.4 Å². The van der Waals surface area contributed by atoms with E-state index in [0.29, 0.717) is 12.0 Å². The first-order chi connectivity index (χ1) is 13.2. The topological polar surface area (TPSA) is 59.1 Å². The quantitative estimate of drug-likeness (QED) is 0.592. The molecule has 5 heteroatoms.